The predicted octanol–water partition coefficient (Wildman–Crippen LogP) is 4.46. The molecule has 0 saturated heterocycles. The number of quaternary nitrogens is 1. The van der Waals surface area contributed by atoms with Gasteiger partial charge in [0.05, 0.1) is 27.7 Å². The molecular formula is C20H39NO4P+. The van der Waals surface area contributed by atoms with E-state index in [1.54, 1.807) is 0 Å². The number of hydrogen-bond acceptors (Lipinski definition) is 3. The SMILES string of the molecule is C[N+](C)(C)CCOP(=O)(O)OCCCCCC1C2CC3CC(C2)CC1C3. The Morgan fingerprint density at radius 2 is 1.46 bits per heavy atom. The van der Waals surface area contributed by atoms with Crippen LogP contribution in [0, 0.1) is 29.6 Å². The highest BCUT2D eigenvalue weighted by Gasteiger charge is 2.47. The topological polar surface area (TPSA) is 55.8 Å². The van der Waals surface area contributed by atoms with E-state index in [1.807, 2.05) is 21.1 Å². The van der Waals surface area contributed by atoms with E-state index in [9.17, 15) is 9.46 Å². The molecule has 4 rings (SSSR count). The Kier molecular flexibility index (Phi) is 6.89. The second kappa shape index (κ2) is 8.61. The summed E-state index contributed by atoms with van der Waals surface area (Å²) in [6, 6.07) is 0. The van der Waals surface area contributed by atoms with Crippen molar-refractivity contribution in [3.8, 4) is 0 Å². The maximum absolute atomic E-state index is 11.9. The fourth-order valence-corrected chi connectivity index (χ4v) is 6.56. The molecule has 5 nitrogen and oxygen atoms in total. The van der Waals surface area contributed by atoms with Gasteiger partial charge >= 0.3 is 7.82 Å². The first-order valence-electron chi connectivity index (χ1n) is 10.6. The van der Waals surface area contributed by atoms with Crippen LogP contribution in [0.15, 0.2) is 0 Å². The second-order valence-electron chi connectivity index (χ2n) is 10.1. The van der Waals surface area contributed by atoms with E-state index >= 15 is 0 Å². The third-order valence-corrected chi connectivity index (χ3v) is 7.89. The van der Waals surface area contributed by atoms with Crippen LogP contribution in [0.5, 0.6) is 0 Å². The minimum absolute atomic E-state index is 0.240. The number of nitrogens with zero attached hydrogens (tertiary/aromatic N) is 1. The number of hydrogen-bond donors (Lipinski definition) is 1. The Balaban J connectivity index is 1.25. The molecule has 1 N–H and O–H groups in total. The normalized spacial score (nSPS) is 35.6. The van der Waals surface area contributed by atoms with Crippen molar-refractivity contribution in [3.05, 3.63) is 0 Å². The average Bonchev–Trinajstić information content (AvgIpc) is 2.50. The fourth-order valence-electron chi connectivity index (χ4n) is 5.82. The number of phosphoric acid groups is 1. The van der Waals surface area contributed by atoms with Crippen molar-refractivity contribution < 1.29 is 23.0 Å². The monoisotopic (exact) mass is 388 g/mol. The lowest BCUT2D eigenvalue weighted by Gasteiger charge is -2.54. The van der Waals surface area contributed by atoms with Crippen LogP contribution in [0.3, 0.4) is 0 Å². The summed E-state index contributed by atoms with van der Waals surface area (Å²) in [5.41, 5.74) is 0. The van der Waals surface area contributed by atoms with Gasteiger partial charge in [-0.3, -0.25) is 9.05 Å². The molecule has 4 aliphatic carbocycles. The summed E-state index contributed by atoms with van der Waals surface area (Å²) in [5.74, 6) is 5.09. The smallest absolute Gasteiger partial charge is 0.329 e. The van der Waals surface area contributed by atoms with Gasteiger partial charge in [-0.15, -0.1) is 0 Å². The van der Waals surface area contributed by atoms with Gasteiger partial charge in [-0.05, 0) is 74.5 Å². The molecule has 6 heteroatoms. The summed E-state index contributed by atoms with van der Waals surface area (Å²) in [7, 11) is 2.19. The largest absolute Gasteiger partial charge is 0.472 e. The standard InChI is InChI=1S/C20H38NO4P/c1-21(2,3)8-10-25-26(22,23)24-9-6-4-5-7-20-18-12-16-11-17(14-18)15-19(20)13-16/h16-20H,4-15H2,1-3H3/p+1. The van der Waals surface area contributed by atoms with E-state index < -0.39 is 7.82 Å². The van der Waals surface area contributed by atoms with Crippen molar-refractivity contribution in [2.45, 2.75) is 57.8 Å². The molecule has 0 aliphatic heterocycles. The molecule has 1 unspecified atom stereocenters. The minimum atomic E-state index is -3.88. The number of likely N-dealkylation sites (N-methyl/N-ethyl adjacent to an activating group) is 1. The fraction of sp³-hybridized carbons (Fsp3) is 1.00. The summed E-state index contributed by atoms with van der Waals surface area (Å²) >= 11 is 0. The van der Waals surface area contributed by atoms with Crippen LogP contribution in [0.4, 0.5) is 0 Å². The van der Waals surface area contributed by atoms with Gasteiger partial charge in [-0.2, -0.15) is 0 Å². The van der Waals surface area contributed by atoms with Gasteiger partial charge in [0.15, 0.2) is 0 Å². The minimum Gasteiger partial charge on any atom is -0.329 e. The third-order valence-electron chi connectivity index (χ3n) is 6.87. The van der Waals surface area contributed by atoms with Crippen LogP contribution in [0.1, 0.15) is 57.8 Å². The zero-order valence-electron chi connectivity index (χ0n) is 16.9. The van der Waals surface area contributed by atoms with Crippen molar-refractivity contribution >= 4 is 7.82 Å². The molecule has 4 aliphatic rings. The van der Waals surface area contributed by atoms with Crippen molar-refractivity contribution in [1.82, 2.24) is 0 Å². The van der Waals surface area contributed by atoms with E-state index in [-0.39, 0.29) is 6.61 Å². The Bertz CT molecular complexity index is 477. The molecule has 152 valence electrons. The van der Waals surface area contributed by atoms with Gasteiger partial charge in [0.2, 0.25) is 0 Å². The second-order valence-corrected chi connectivity index (χ2v) is 11.5. The highest BCUT2D eigenvalue weighted by molar-refractivity contribution is 7.47. The van der Waals surface area contributed by atoms with Crippen LogP contribution < -0.4 is 0 Å². The van der Waals surface area contributed by atoms with Gasteiger partial charge in [-0.1, -0.05) is 12.8 Å². The number of phosphoric ester groups is 1. The summed E-state index contributed by atoms with van der Waals surface area (Å²) in [6.45, 7) is 1.24. The van der Waals surface area contributed by atoms with Crippen LogP contribution in [0.2, 0.25) is 0 Å². The van der Waals surface area contributed by atoms with Crippen molar-refractivity contribution in [2.24, 2.45) is 29.6 Å². The van der Waals surface area contributed by atoms with Crippen LogP contribution in [-0.4, -0.2) is 50.3 Å². The first-order valence-corrected chi connectivity index (χ1v) is 12.1. The first kappa shape index (κ1) is 20.8. The zero-order chi connectivity index (χ0) is 18.8. The highest BCUT2D eigenvalue weighted by Crippen LogP contribution is 2.57. The molecule has 4 fully saturated rings. The van der Waals surface area contributed by atoms with E-state index in [4.69, 9.17) is 9.05 Å². The number of unbranched alkanes of at least 4 members (excludes halogenated alkanes) is 2. The van der Waals surface area contributed by atoms with Gasteiger partial charge in [0.25, 0.3) is 0 Å². The van der Waals surface area contributed by atoms with Crippen LogP contribution >= 0.6 is 7.82 Å². The maximum Gasteiger partial charge on any atom is 0.472 e. The zero-order valence-corrected chi connectivity index (χ0v) is 17.8. The predicted molar refractivity (Wildman–Crippen MR) is 104 cm³/mol. The molecule has 0 spiro atoms. The summed E-state index contributed by atoms with van der Waals surface area (Å²) in [4.78, 5) is 9.71. The lowest BCUT2D eigenvalue weighted by molar-refractivity contribution is -0.870. The molecule has 0 amide bonds. The van der Waals surface area contributed by atoms with Crippen molar-refractivity contribution in [3.63, 3.8) is 0 Å². The quantitative estimate of drug-likeness (QED) is 0.323. The maximum atomic E-state index is 11.9. The molecule has 0 aromatic carbocycles. The van der Waals surface area contributed by atoms with Crippen LogP contribution in [-0.2, 0) is 13.6 Å². The van der Waals surface area contributed by atoms with Crippen molar-refractivity contribution in [2.75, 3.05) is 40.9 Å². The first-order chi connectivity index (χ1) is 12.2. The lowest BCUT2D eigenvalue weighted by atomic mass is 9.51. The van der Waals surface area contributed by atoms with Gasteiger partial charge in [-0.25, -0.2) is 4.57 Å². The summed E-state index contributed by atoms with van der Waals surface area (Å²) in [5, 5.41) is 0. The van der Waals surface area contributed by atoms with Gasteiger partial charge in [0, 0.05) is 0 Å². The average molecular weight is 389 g/mol. The third kappa shape index (κ3) is 6.04. The Morgan fingerprint density at radius 1 is 0.885 bits per heavy atom. The van der Waals surface area contributed by atoms with E-state index in [0.717, 1.165) is 42.4 Å². The lowest BCUT2D eigenvalue weighted by Crippen LogP contribution is -2.44. The molecular weight excluding hydrogens is 349 g/mol. The Hall–Kier alpha value is 0.0700. The van der Waals surface area contributed by atoms with E-state index in [0.29, 0.717) is 17.6 Å². The highest BCUT2D eigenvalue weighted by atomic mass is 31.2. The van der Waals surface area contributed by atoms with E-state index in [1.165, 1.54) is 44.9 Å². The number of rotatable bonds is 11. The molecule has 0 aromatic heterocycles. The van der Waals surface area contributed by atoms with Gasteiger partial charge < -0.3 is 9.38 Å². The molecule has 4 bridgehead atoms. The molecule has 0 aromatic rings. The molecule has 0 radical (unpaired) electrons. The van der Waals surface area contributed by atoms with Crippen molar-refractivity contribution in [1.29, 1.82) is 0 Å². The van der Waals surface area contributed by atoms with E-state index in [2.05, 4.69) is 0 Å². The Morgan fingerprint density at radius 3 is 2.04 bits per heavy atom. The molecule has 1 atom stereocenters. The molecule has 4 saturated carbocycles. The summed E-state index contributed by atoms with van der Waals surface area (Å²) in [6.07, 6.45) is 12.0. The van der Waals surface area contributed by atoms with Crippen LogP contribution in [0.25, 0.3) is 0 Å². The summed E-state index contributed by atoms with van der Waals surface area (Å²) < 4.78 is 22.7. The Labute approximate surface area is 159 Å². The molecule has 0 heterocycles. The molecule has 26 heavy (non-hydrogen) atoms. The van der Waals surface area contributed by atoms with Gasteiger partial charge in [0.1, 0.15) is 13.2 Å².